The number of ether oxygens (including phenoxy) is 1. The Bertz CT molecular complexity index is 830. The largest absolute Gasteiger partial charge is 0.497 e. The second-order valence-corrected chi connectivity index (χ2v) is 7.32. The van der Waals surface area contributed by atoms with Crippen LogP contribution in [0.2, 0.25) is 0 Å². The fraction of sp³-hybridized carbons (Fsp3) is 0.188. The third-order valence-electron chi connectivity index (χ3n) is 3.02. The first-order valence-electron chi connectivity index (χ1n) is 6.66. The van der Waals surface area contributed by atoms with Crippen LogP contribution in [0.3, 0.4) is 0 Å². The SMILES string of the molecule is COc1cccc(CS(=O)(=O)Oc2ccc(Br)cc2C(C)=O)c1. The van der Waals surface area contributed by atoms with E-state index < -0.39 is 10.1 Å². The molecule has 2 aromatic carbocycles. The molecule has 7 heteroatoms. The average Bonchev–Trinajstić information content (AvgIpc) is 2.48. The van der Waals surface area contributed by atoms with Gasteiger partial charge in [0.25, 0.3) is 0 Å². The Morgan fingerprint density at radius 1 is 1.17 bits per heavy atom. The number of hydrogen-bond donors (Lipinski definition) is 0. The summed E-state index contributed by atoms with van der Waals surface area (Å²) in [6.45, 7) is 1.35. The van der Waals surface area contributed by atoms with Crippen molar-refractivity contribution in [2.45, 2.75) is 12.7 Å². The molecule has 0 heterocycles. The summed E-state index contributed by atoms with van der Waals surface area (Å²) in [7, 11) is -2.40. The Morgan fingerprint density at radius 3 is 2.57 bits per heavy atom. The van der Waals surface area contributed by atoms with Crippen molar-refractivity contribution in [3.05, 3.63) is 58.1 Å². The van der Waals surface area contributed by atoms with Crippen molar-refractivity contribution in [2.24, 2.45) is 0 Å². The predicted molar refractivity (Wildman–Crippen MR) is 90.4 cm³/mol. The first kappa shape index (κ1) is 17.5. The lowest BCUT2D eigenvalue weighted by atomic mass is 10.1. The number of hydrogen-bond acceptors (Lipinski definition) is 5. The van der Waals surface area contributed by atoms with Crippen molar-refractivity contribution in [1.29, 1.82) is 0 Å². The molecule has 0 bridgehead atoms. The Balaban J connectivity index is 2.26. The van der Waals surface area contributed by atoms with Gasteiger partial charge >= 0.3 is 10.1 Å². The van der Waals surface area contributed by atoms with Gasteiger partial charge in [0, 0.05) is 4.47 Å². The molecule has 0 aliphatic rings. The maximum atomic E-state index is 12.2. The van der Waals surface area contributed by atoms with E-state index in [0.29, 0.717) is 15.8 Å². The van der Waals surface area contributed by atoms with Crippen LogP contribution >= 0.6 is 15.9 Å². The van der Waals surface area contributed by atoms with Gasteiger partial charge in [0.1, 0.15) is 11.5 Å². The van der Waals surface area contributed by atoms with Crippen LogP contribution in [0.1, 0.15) is 22.8 Å². The third kappa shape index (κ3) is 4.80. The van der Waals surface area contributed by atoms with Gasteiger partial charge in [0.05, 0.1) is 12.7 Å². The summed E-state index contributed by atoms with van der Waals surface area (Å²) in [6, 6.07) is 11.3. The lowest BCUT2D eigenvalue weighted by molar-refractivity contribution is 0.101. The van der Waals surface area contributed by atoms with Crippen molar-refractivity contribution in [1.82, 2.24) is 0 Å². The van der Waals surface area contributed by atoms with Gasteiger partial charge in [-0.25, -0.2) is 0 Å². The summed E-state index contributed by atoms with van der Waals surface area (Å²) in [5.74, 6) is -0.0234. The standard InChI is InChI=1S/C16H15BrO5S/c1-11(18)15-9-13(17)6-7-16(15)22-23(19,20)10-12-4-3-5-14(8-12)21-2/h3-9H,10H2,1-2H3. The number of Topliss-reactive ketones (excluding diaryl/α,β-unsaturated/α-hetero) is 1. The summed E-state index contributed by atoms with van der Waals surface area (Å²) in [4.78, 5) is 11.6. The fourth-order valence-electron chi connectivity index (χ4n) is 1.98. The predicted octanol–water partition coefficient (Wildman–Crippen LogP) is 3.57. The highest BCUT2D eigenvalue weighted by Crippen LogP contribution is 2.26. The molecule has 0 spiro atoms. The molecule has 0 N–H and O–H groups in total. The van der Waals surface area contributed by atoms with Gasteiger partial charge in [-0.3, -0.25) is 4.79 Å². The fourth-order valence-corrected chi connectivity index (χ4v) is 3.41. The quantitative estimate of drug-likeness (QED) is 0.549. The van der Waals surface area contributed by atoms with E-state index in [9.17, 15) is 13.2 Å². The molecule has 0 amide bonds. The molecule has 2 rings (SSSR count). The molecule has 0 unspecified atom stereocenters. The van der Waals surface area contributed by atoms with E-state index in [2.05, 4.69) is 15.9 Å². The number of methoxy groups -OCH3 is 1. The van der Waals surface area contributed by atoms with Crippen molar-refractivity contribution >= 4 is 31.8 Å². The molecule has 0 radical (unpaired) electrons. The van der Waals surface area contributed by atoms with Gasteiger partial charge in [-0.15, -0.1) is 0 Å². The second kappa shape index (κ2) is 7.14. The van der Waals surface area contributed by atoms with E-state index in [1.807, 2.05) is 0 Å². The normalized spacial score (nSPS) is 11.1. The van der Waals surface area contributed by atoms with E-state index in [0.717, 1.165) is 0 Å². The third-order valence-corrected chi connectivity index (χ3v) is 4.63. The lowest BCUT2D eigenvalue weighted by Crippen LogP contribution is -2.14. The highest BCUT2D eigenvalue weighted by Gasteiger charge is 2.18. The minimum atomic E-state index is -3.90. The topological polar surface area (TPSA) is 69.7 Å². The zero-order chi connectivity index (χ0) is 17.0. The van der Waals surface area contributed by atoms with Crippen molar-refractivity contribution in [3.8, 4) is 11.5 Å². The van der Waals surface area contributed by atoms with Crippen LogP contribution in [0.25, 0.3) is 0 Å². The van der Waals surface area contributed by atoms with Crippen LogP contribution < -0.4 is 8.92 Å². The van der Waals surface area contributed by atoms with Crippen molar-refractivity contribution in [2.75, 3.05) is 7.11 Å². The number of halogens is 1. The molecular weight excluding hydrogens is 384 g/mol. The molecule has 122 valence electrons. The van der Waals surface area contributed by atoms with Crippen LogP contribution in [0, 0.1) is 0 Å². The van der Waals surface area contributed by atoms with Crippen LogP contribution in [0.5, 0.6) is 11.5 Å². The van der Waals surface area contributed by atoms with Gasteiger partial charge in [-0.05, 0) is 42.8 Å². The van der Waals surface area contributed by atoms with E-state index in [1.54, 1.807) is 30.3 Å². The maximum absolute atomic E-state index is 12.2. The molecule has 0 saturated heterocycles. The first-order valence-corrected chi connectivity index (χ1v) is 9.03. The monoisotopic (exact) mass is 398 g/mol. The lowest BCUT2D eigenvalue weighted by Gasteiger charge is -2.11. The van der Waals surface area contributed by atoms with E-state index in [4.69, 9.17) is 8.92 Å². The molecular formula is C16H15BrO5S. The van der Waals surface area contributed by atoms with E-state index >= 15 is 0 Å². The minimum Gasteiger partial charge on any atom is -0.497 e. The van der Waals surface area contributed by atoms with Crippen LogP contribution in [0.4, 0.5) is 0 Å². The molecule has 0 saturated carbocycles. The summed E-state index contributed by atoms with van der Waals surface area (Å²) in [5.41, 5.74) is 0.736. The van der Waals surface area contributed by atoms with Crippen LogP contribution in [0.15, 0.2) is 46.9 Å². The number of carbonyl (C=O) groups excluding carboxylic acids is 1. The zero-order valence-corrected chi connectivity index (χ0v) is 15.0. The number of benzene rings is 2. The molecule has 0 aliphatic heterocycles. The molecule has 5 nitrogen and oxygen atoms in total. The Hall–Kier alpha value is -1.86. The van der Waals surface area contributed by atoms with Gasteiger partial charge in [-0.1, -0.05) is 28.1 Å². The van der Waals surface area contributed by atoms with Crippen molar-refractivity contribution < 1.29 is 22.1 Å². The number of rotatable bonds is 6. The Kier molecular flexibility index (Phi) is 5.43. The number of carbonyl (C=O) groups is 1. The Labute approximate surface area is 143 Å². The van der Waals surface area contributed by atoms with E-state index in [-0.39, 0.29) is 22.8 Å². The molecule has 0 atom stereocenters. The zero-order valence-electron chi connectivity index (χ0n) is 12.6. The second-order valence-electron chi connectivity index (χ2n) is 4.83. The molecule has 0 aliphatic carbocycles. The molecule has 2 aromatic rings. The summed E-state index contributed by atoms with van der Waals surface area (Å²) in [5, 5.41) is 0. The van der Waals surface area contributed by atoms with Crippen molar-refractivity contribution in [3.63, 3.8) is 0 Å². The molecule has 0 aromatic heterocycles. The smallest absolute Gasteiger partial charge is 0.313 e. The summed E-state index contributed by atoms with van der Waals surface area (Å²) >= 11 is 3.24. The molecule has 23 heavy (non-hydrogen) atoms. The maximum Gasteiger partial charge on any atom is 0.313 e. The van der Waals surface area contributed by atoms with Crippen LogP contribution in [-0.2, 0) is 15.9 Å². The van der Waals surface area contributed by atoms with Gasteiger partial charge in [0.2, 0.25) is 0 Å². The van der Waals surface area contributed by atoms with Gasteiger partial charge < -0.3 is 8.92 Å². The van der Waals surface area contributed by atoms with Gasteiger partial charge in [-0.2, -0.15) is 8.42 Å². The van der Waals surface area contributed by atoms with E-state index in [1.165, 1.54) is 26.2 Å². The van der Waals surface area contributed by atoms with Gasteiger partial charge in [0.15, 0.2) is 11.5 Å². The number of ketones is 1. The van der Waals surface area contributed by atoms with Crippen LogP contribution in [-0.4, -0.2) is 21.3 Å². The Morgan fingerprint density at radius 2 is 1.91 bits per heavy atom. The average molecular weight is 399 g/mol. The first-order chi connectivity index (χ1) is 10.8. The molecule has 0 fully saturated rings. The summed E-state index contributed by atoms with van der Waals surface area (Å²) in [6.07, 6.45) is 0. The minimum absolute atomic E-state index is 0.0172. The highest BCUT2D eigenvalue weighted by molar-refractivity contribution is 9.10. The highest BCUT2D eigenvalue weighted by atomic mass is 79.9. The summed E-state index contributed by atoms with van der Waals surface area (Å²) < 4.78 is 35.3.